The molecule has 4 heterocycles. The second-order valence-electron chi connectivity index (χ2n) is 8.97. The molecular formula is C23H30AlFIN7O. The van der Waals surface area contributed by atoms with E-state index in [1.54, 1.807) is 35.9 Å². The van der Waals surface area contributed by atoms with E-state index in [0.29, 0.717) is 29.2 Å². The maximum absolute atomic E-state index is 13.0. The maximum Gasteiger partial charge on any atom is 0.594 e. The lowest BCUT2D eigenvalue weighted by Gasteiger charge is -2.36. The summed E-state index contributed by atoms with van der Waals surface area (Å²) in [6.45, 7) is 5.45. The lowest BCUT2D eigenvalue weighted by molar-refractivity contribution is 0.257. The van der Waals surface area contributed by atoms with Crippen LogP contribution >= 0.6 is 20.3 Å². The fraction of sp³-hybridized carbons (Fsp3) is 0.435. The Hall–Kier alpha value is -1.94. The number of carbonyl (C=O) groups excluding carboxylic acids is 1. The number of anilines is 3. The van der Waals surface area contributed by atoms with Crippen LogP contribution < -0.4 is 26.2 Å². The molecule has 0 aromatic carbocycles. The van der Waals surface area contributed by atoms with Crippen molar-refractivity contribution < 1.29 is 8.32 Å². The predicted molar refractivity (Wildman–Crippen MR) is 145 cm³/mol. The van der Waals surface area contributed by atoms with E-state index in [1.165, 1.54) is 24.1 Å². The van der Waals surface area contributed by atoms with Crippen LogP contribution in [0.2, 0.25) is 5.79 Å². The molecule has 34 heavy (non-hydrogen) atoms. The largest absolute Gasteiger partial charge is 0.594 e. The third-order valence-electron chi connectivity index (χ3n) is 6.07. The minimum Gasteiger partial charge on any atom is -0.402 e. The third-order valence-corrected chi connectivity index (χ3v) is 6.07. The molecule has 1 spiro atoms. The lowest BCUT2D eigenvalue weighted by Crippen LogP contribution is -2.52. The second kappa shape index (κ2) is 10.8. The summed E-state index contributed by atoms with van der Waals surface area (Å²) in [5.74, 6) is 2.39. The van der Waals surface area contributed by atoms with Crippen LogP contribution in [-0.4, -0.2) is 59.0 Å². The average Bonchev–Trinajstić information content (AvgIpc) is 3.36. The minimum absolute atomic E-state index is 0.178. The fourth-order valence-corrected chi connectivity index (χ4v) is 4.44. The first-order chi connectivity index (χ1) is 16.3. The van der Waals surface area contributed by atoms with E-state index in [9.17, 15) is 8.32 Å². The molecule has 11 heteroatoms. The predicted octanol–water partition coefficient (Wildman–Crippen LogP) is 3.84. The highest BCUT2D eigenvalue weighted by molar-refractivity contribution is 14.1. The molecule has 1 saturated carbocycles. The zero-order chi connectivity index (χ0) is 24.3. The molecule has 2 fully saturated rings. The van der Waals surface area contributed by atoms with E-state index in [4.69, 9.17) is 5.73 Å². The molecule has 1 saturated heterocycles. The van der Waals surface area contributed by atoms with Crippen LogP contribution in [0.15, 0.2) is 36.3 Å². The molecule has 1 aliphatic carbocycles. The topological polar surface area (TPSA) is 99.4 Å². The summed E-state index contributed by atoms with van der Waals surface area (Å²) < 4.78 is 11.1. The zero-order valence-corrected chi connectivity index (χ0v) is 22.8. The van der Waals surface area contributed by atoms with Crippen LogP contribution in [0.3, 0.4) is 0 Å². The molecule has 0 unspecified atom stereocenters. The number of halogens is 2. The van der Waals surface area contributed by atoms with Gasteiger partial charge in [0.15, 0.2) is 0 Å². The summed E-state index contributed by atoms with van der Waals surface area (Å²) >= 11 is 0.147. The Labute approximate surface area is 215 Å². The Bertz CT molecular complexity index is 1070. The Morgan fingerprint density at radius 1 is 1.32 bits per heavy atom. The molecule has 5 rings (SSSR count). The quantitative estimate of drug-likeness (QED) is 0.370. The van der Waals surface area contributed by atoms with Gasteiger partial charge >= 0.3 is 17.4 Å². The summed E-state index contributed by atoms with van der Waals surface area (Å²) in [6.07, 6.45) is 8.57. The van der Waals surface area contributed by atoms with Crippen molar-refractivity contribution in [2.45, 2.75) is 37.5 Å². The number of hydrogen-bond donors (Lipinski definition) is 3. The van der Waals surface area contributed by atoms with Gasteiger partial charge in [0.1, 0.15) is 5.82 Å². The SMILES string of the molecule is C/C(N)=C/c1cc(NC(=O)N2CCc3c(N4CCNC5(CC5)C4)ccnc32)ccn1.[CH3][Al]([F])[I]. The van der Waals surface area contributed by atoms with E-state index >= 15 is 0 Å². The van der Waals surface area contributed by atoms with Crippen molar-refractivity contribution in [3.8, 4) is 0 Å². The highest BCUT2D eigenvalue weighted by Crippen LogP contribution is 2.41. The van der Waals surface area contributed by atoms with Crippen LogP contribution in [0, 0.1) is 0 Å². The number of nitrogens with zero attached hydrogens (tertiary/aromatic N) is 4. The summed E-state index contributed by atoms with van der Waals surface area (Å²) in [7, 11) is 0. The molecule has 180 valence electrons. The van der Waals surface area contributed by atoms with Crippen molar-refractivity contribution >= 4 is 60.9 Å². The number of aromatic nitrogens is 2. The molecule has 4 N–H and O–H groups in total. The van der Waals surface area contributed by atoms with E-state index in [2.05, 4.69) is 31.6 Å². The average molecular weight is 593 g/mol. The summed E-state index contributed by atoms with van der Waals surface area (Å²) in [4.78, 5) is 26.0. The number of nitrogens with one attached hydrogen (secondary N) is 2. The van der Waals surface area contributed by atoms with Gasteiger partial charge in [-0.2, -0.15) is 20.3 Å². The van der Waals surface area contributed by atoms with Gasteiger partial charge in [-0.05, 0) is 50.5 Å². The summed E-state index contributed by atoms with van der Waals surface area (Å²) in [5.41, 5.74) is 10.5. The summed E-state index contributed by atoms with van der Waals surface area (Å²) in [6, 6.07) is 5.50. The first-order valence-electron chi connectivity index (χ1n) is 11.5. The van der Waals surface area contributed by atoms with E-state index in [0.717, 1.165) is 31.9 Å². The molecule has 3 aliphatic rings. The van der Waals surface area contributed by atoms with E-state index < -0.39 is 11.3 Å². The van der Waals surface area contributed by atoms with Crippen molar-refractivity contribution in [2.75, 3.05) is 41.3 Å². The van der Waals surface area contributed by atoms with Gasteiger partial charge in [-0.25, -0.2) is 9.78 Å². The highest BCUT2D eigenvalue weighted by Gasteiger charge is 2.46. The number of amides is 2. The van der Waals surface area contributed by atoms with Gasteiger partial charge in [-0.3, -0.25) is 9.88 Å². The molecule has 2 aliphatic heterocycles. The Kier molecular flexibility index (Phi) is 7.97. The van der Waals surface area contributed by atoms with E-state index in [-0.39, 0.29) is 6.03 Å². The van der Waals surface area contributed by atoms with Gasteiger partial charge in [-0.15, -0.1) is 0 Å². The van der Waals surface area contributed by atoms with Crippen molar-refractivity contribution in [2.24, 2.45) is 5.73 Å². The van der Waals surface area contributed by atoms with Crippen molar-refractivity contribution in [3.05, 3.63) is 47.5 Å². The second-order valence-corrected chi connectivity index (χ2v) is 15.2. The number of carbonyl (C=O) groups is 1. The van der Waals surface area contributed by atoms with Crippen molar-refractivity contribution in [1.82, 2.24) is 15.3 Å². The molecule has 2 amide bonds. The molecule has 2 aromatic heterocycles. The minimum atomic E-state index is -1.67. The lowest BCUT2D eigenvalue weighted by atomic mass is 10.1. The molecule has 0 radical (unpaired) electrons. The fourth-order valence-electron chi connectivity index (χ4n) is 4.44. The number of hydrogen-bond acceptors (Lipinski definition) is 6. The van der Waals surface area contributed by atoms with Crippen molar-refractivity contribution in [3.63, 3.8) is 0 Å². The normalized spacial score (nSPS) is 18.2. The van der Waals surface area contributed by atoms with Crippen LogP contribution in [0.4, 0.5) is 25.5 Å². The number of rotatable bonds is 3. The van der Waals surface area contributed by atoms with Crippen molar-refractivity contribution in [1.29, 1.82) is 0 Å². The molecule has 0 bridgehead atoms. The van der Waals surface area contributed by atoms with Gasteiger partial charge in [-0.1, -0.05) is 5.79 Å². The number of urea groups is 1. The Morgan fingerprint density at radius 2 is 2.06 bits per heavy atom. The number of nitrogens with two attached hydrogens (primary N) is 1. The first kappa shape index (κ1) is 25.2. The molecular weight excluding hydrogens is 563 g/mol. The molecule has 0 atom stereocenters. The number of fused-ring (bicyclic) bond motifs is 1. The van der Waals surface area contributed by atoms with Gasteiger partial charge in [0.2, 0.25) is 0 Å². The number of allylic oxidation sites excluding steroid dienone is 1. The molecule has 8 nitrogen and oxygen atoms in total. The number of pyridine rings is 2. The van der Waals surface area contributed by atoms with Crippen LogP contribution in [0.25, 0.3) is 6.08 Å². The Morgan fingerprint density at radius 3 is 2.76 bits per heavy atom. The van der Waals surface area contributed by atoms with Crippen LogP contribution in [0.1, 0.15) is 31.0 Å². The van der Waals surface area contributed by atoms with Gasteiger partial charge < -0.3 is 24.8 Å². The standard InChI is InChI=1S/C22H27N7O.CH3.Al.FH.HI/c1-15(23)12-17-13-16(2-7-24-17)27-21(30)29-10-4-18-19(3-8-25-20(18)29)28-11-9-26-22(14-28)5-6-22;;;;/h2-3,7-8,12-13,26H,4-6,9-11,14,23H2,1H3,(H,24,27,30);1H3;;2*1H/q;;+2;;/p-2/b15-12-;;;;. The first-order valence-corrected chi connectivity index (χ1v) is 17.3. The van der Waals surface area contributed by atoms with Gasteiger partial charge in [0.05, 0.1) is 5.69 Å². The van der Waals surface area contributed by atoms with Gasteiger partial charge in [0, 0.05) is 66.7 Å². The third kappa shape index (κ3) is 6.19. The van der Waals surface area contributed by atoms with Crippen LogP contribution in [0.5, 0.6) is 0 Å². The van der Waals surface area contributed by atoms with E-state index in [1.807, 2.05) is 32.5 Å². The zero-order valence-electron chi connectivity index (χ0n) is 19.5. The monoisotopic (exact) mass is 593 g/mol. The smallest absolute Gasteiger partial charge is 0.402 e. The highest BCUT2D eigenvalue weighted by atomic mass is 127. The molecule has 2 aromatic rings. The number of piperazine rings is 1. The van der Waals surface area contributed by atoms with Crippen LogP contribution in [-0.2, 0) is 6.42 Å². The van der Waals surface area contributed by atoms with Gasteiger partial charge in [0.25, 0.3) is 0 Å². The summed E-state index contributed by atoms with van der Waals surface area (Å²) in [5, 5.41) is 6.63. The Balaban J connectivity index is 0.000000636. The maximum atomic E-state index is 13.0.